The first kappa shape index (κ1) is 19.8. The van der Waals surface area contributed by atoms with Crippen molar-refractivity contribution in [3.05, 3.63) is 41.5 Å². The molecular formula is C17H20FN3O4S2. The number of thioether (sulfide) groups is 1. The molecule has 0 saturated carbocycles. The molecule has 0 aliphatic carbocycles. The fraction of sp³-hybridized carbons (Fsp3) is 0.471. The Morgan fingerprint density at radius 2 is 2.15 bits per heavy atom. The first-order valence-corrected chi connectivity index (χ1v) is 11.3. The Hall–Kier alpha value is -1.94. The Labute approximate surface area is 161 Å². The van der Waals surface area contributed by atoms with E-state index in [2.05, 4.69) is 10.2 Å². The number of rotatable bonds is 7. The van der Waals surface area contributed by atoms with Crippen molar-refractivity contribution in [3.8, 4) is 0 Å². The van der Waals surface area contributed by atoms with Crippen molar-refractivity contribution >= 4 is 27.5 Å². The van der Waals surface area contributed by atoms with Crippen LogP contribution in [0, 0.1) is 11.7 Å². The van der Waals surface area contributed by atoms with Crippen molar-refractivity contribution < 1.29 is 22.0 Å². The van der Waals surface area contributed by atoms with Crippen LogP contribution >= 0.6 is 11.8 Å². The van der Waals surface area contributed by atoms with E-state index in [0.717, 1.165) is 11.8 Å². The van der Waals surface area contributed by atoms with Crippen molar-refractivity contribution in [2.24, 2.45) is 5.92 Å². The summed E-state index contributed by atoms with van der Waals surface area (Å²) in [4.78, 5) is 13.7. The number of halogens is 1. The Morgan fingerprint density at radius 3 is 2.85 bits per heavy atom. The summed E-state index contributed by atoms with van der Waals surface area (Å²) in [6, 6.07) is 6.32. The Morgan fingerprint density at radius 1 is 1.37 bits per heavy atom. The molecular weight excluding hydrogens is 393 g/mol. The molecule has 1 amide bonds. The molecule has 27 heavy (non-hydrogen) atoms. The third-order valence-corrected chi connectivity index (χ3v) is 6.99. The van der Waals surface area contributed by atoms with Crippen molar-refractivity contribution in [2.45, 2.75) is 24.6 Å². The summed E-state index contributed by atoms with van der Waals surface area (Å²) in [5, 5.41) is 8.08. The fourth-order valence-electron chi connectivity index (χ4n) is 2.86. The SMILES string of the molecule is CN(Cc1ccccc1F)C(=O)CSc1nnc(CC2CCS(=O)(=O)C2)o1. The molecule has 10 heteroatoms. The molecule has 7 nitrogen and oxygen atoms in total. The summed E-state index contributed by atoms with van der Waals surface area (Å²) < 4.78 is 42.2. The van der Waals surface area contributed by atoms with Gasteiger partial charge in [0.15, 0.2) is 9.84 Å². The van der Waals surface area contributed by atoms with Gasteiger partial charge in [0.05, 0.1) is 17.3 Å². The highest BCUT2D eigenvalue weighted by Crippen LogP contribution is 2.24. The summed E-state index contributed by atoms with van der Waals surface area (Å²) in [5.74, 6) is 0.288. The summed E-state index contributed by atoms with van der Waals surface area (Å²) in [6.07, 6.45) is 1.03. The summed E-state index contributed by atoms with van der Waals surface area (Å²) in [7, 11) is -1.33. The van der Waals surface area contributed by atoms with Crippen LogP contribution in [0.3, 0.4) is 0 Å². The van der Waals surface area contributed by atoms with Crippen LogP contribution in [0.1, 0.15) is 17.9 Å². The van der Waals surface area contributed by atoms with Crippen LogP contribution in [0.2, 0.25) is 0 Å². The molecule has 2 aromatic rings. The van der Waals surface area contributed by atoms with Crippen LogP contribution in [0.4, 0.5) is 4.39 Å². The van der Waals surface area contributed by atoms with E-state index in [1.165, 1.54) is 11.0 Å². The number of sulfone groups is 1. The van der Waals surface area contributed by atoms with Gasteiger partial charge >= 0.3 is 0 Å². The minimum absolute atomic E-state index is 0.00170. The largest absolute Gasteiger partial charge is 0.416 e. The molecule has 1 saturated heterocycles. The lowest BCUT2D eigenvalue weighted by molar-refractivity contribution is -0.127. The third-order valence-electron chi connectivity index (χ3n) is 4.35. The number of nitrogens with zero attached hydrogens (tertiary/aromatic N) is 3. The van der Waals surface area contributed by atoms with Gasteiger partial charge in [-0.05, 0) is 18.4 Å². The van der Waals surface area contributed by atoms with E-state index >= 15 is 0 Å². The molecule has 0 spiro atoms. The second-order valence-corrected chi connectivity index (χ2v) is 9.72. The zero-order valence-corrected chi connectivity index (χ0v) is 16.4. The topological polar surface area (TPSA) is 93.4 Å². The molecule has 146 valence electrons. The Kier molecular flexibility index (Phi) is 6.15. The van der Waals surface area contributed by atoms with Gasteiger partial charge in [0.25, 0.3) is 5.22 Å². The molecule has 1 fully saturated rings. The van der Waals surface area contributed by atoms with Gasteiger partial charge in [0.1, 0.15) is 5.82 Å². The maximum atomic E-state index is 13.7. The normalized spacial score (nSPS) is 18.5. The van der Waals surface area contributed by atoms with E-state index in [1.807, 2.05) is 0 Å². The standard InChI is InChI=1S/C17H20FN3O4S2/c1-21(9-13-4-2-3-5-14(13)18)16(22)10-26-17-20-19-15(25-17)8-12-6-7-27(23,24)11-12/h2-5,12H,6-11H2,1H3. The van der Waals surface area contributed by atoms with E-state index in [-0.39, 0.29) is 46.7 Å². The lowest BCUT2D eigenvalue weighted by atomic mass is 10.1. The minimum atomic E-state index is -2.94. The lowest BCUT2D eigenvalue weighted by Crippen LogP contribution is -2.28. The second-order valence-electron chi connectivity index (χ2n) is 6.56. The molecule has 0 bridgehead atoms. The van der Waals surface area contributed by atoms with E-state index in [9.17, 15) is 17.6 Å². The lowest BCUT2D eigenvalue weighted by Gasteiger charge is -2.16. The van der Waals surface area contributed by atoms with E-state index < -0.39 is 9.84 Å². The number of aromatic nitrogens is 2. The number of hydrogen-bond donors (Lipinski definition) is 0. The highest BCUT2D eigenvalue weighted by molar-refractivity contribution is 7.99. The van der Waals surface area contributed by atoms with Crippen molar-refractivity contribution in [2.75, 3.05) is 24.3 Å². The molecule has 1 atom stereocenters. The molecule has 1 unspecified atom stereocenters. The van der Waals surface area contributed by atoms with Crippen LogP contribution in [0.15, 0.2) is 33.9 Å². The number of benzene rings is 1. The molecule has 2 heterocycles. The zero-order valence-electron chi connectivity index (χ0n) is 14.8. The monoisotopic (exact) mass is 413 g/mol. The molecule has 1 aromatic heterocycles. The van der Waals surface area contributed by atoms with Gasteiger partial charge in [-0.25, -0.2) is 12.8 Å². The summed E-state index contributed by atoms with van der Waals surface area (Å²) in [6.45, 7) is 0.178. The van der Waals surface area contributed by atoms with Gasteiger partial charge in [-0.1, -0.05) is 30.0 Å². The quantitative estimate of drug-likeness (QED) is 0.640. The number of carbonyl (C=O) groups excluding carboxylic acids is 1. The maximum Gasteiger partial charge on any atom is 0.277 e. The summed E-state index contributed by atoms with van der Waals surface area (Å²) in [5.41, 5.74) is 0.449. The van der Waals surface area contributed by atoms with E-state index in [4.69, 9.17) is 4.42 Å². The van der Waals surface area contributed by atoms with Gasteiger partial charge in [-0.3, -0.25) is 4.79 Å². The number of amides is 1. The highest BCUT2D eigenvalue weighted by Gasteiger charge is 2.29. The predicted octanol–water partition coefficient (Wildman–Crippen LogP) is 1.94. The first-order valence-electron chi connectivity index (χ1n) is 8.45. The van der Waals surface area contributed by atoms with E-state index in [1.54, 1.807) is 25.2 Å². The van der Waals surface area contributed by atoms with Gasteiger partial charge in [-0.15, -0.1) is 10.2 Å². The predicted molar refractivity (Wildman–Crippen MR) is 98.4 cm³/mol. The van der Waals surface area contributed by atoms with Crippen LogP contribution in [-0.4, -0.2) is 53.7 Å². The van der Waals surface area contributed by atoms with E-state index in [0.29, 0.717) is 24.3 Å². The fourth-order valence-corrected chi connectivity index (χ4v) is 5.45. The zero-order chi connectivity index (χ0) is 19.4. The Bertz CT molecular complexity index is 916. The number of hydrogen-bond acceptors (Lipinski definition) is 7. The average Bonchev–Trinajstić information content (AvgIpc) is 3.20. The third kappa shape index (κ3) is 5.52. The van der Waals surface area contributed by atoms with Crippen LogP contribution in [0.5, 0.6) is 0 Å². The molecule has 1 aliphatic heterocycles. The first-order chi connectivity index (χ1) is 12.8. The molecule has 1 aromatic carbocycles. The number of carbonyl (C=O) groups is 1. The van der Waals surface area contributed by atoms with Crippen LogP contribution in [-0.2, 0) is 27.6 Å². The second kappa shape index (κ2) is 8.39. The van der Waals surface area contributed by atoms with Crippen molar-refractivity contribution in [1.82, 2.24) is 15.1 Å². The van der Waals surface area contributed by atoms with Crippen LogP contribution in [0.25, 0.3) is 0 Å². The smallest absolute Gasteiger partial charge is 0.277 e. The molecule has 3 rings (SSSR count). The minimum Gasteiger partial charge on any atom is -0.416 e. The Balaban J connectivity index is 1.48. The van der Waals surface area contributed by atoms with Crippen molar-refractivity contribution in [1.29, 1.82) is 0 Å². The molecule has 1 aliphatic rings. The van der Waals surface area contributed by atoms with Gasteiger partial charge in [0, 0.05) is 25.6 Å². The highest BCUT2D eigenvalue weighted by atomic mass is 32.2. The van der Waals surface area contributed by atoms with Gasteiger partial charge < -0.3 is 9.32 Å². The van der Waals surface area contributed by atoms with Gasteiger partial charge in [0.2, 0.25) is 11.8 Å². The van der Waals surface area contributed by atoms with Gasteiger partial charge in [-0.2, -0.15) is 0 Å². The summed E-state index contributed by atoms with van der Waals surface area (Å²) >= 11 is 1.11. The van der Waals surface area contributed by atoms with Crippen LogP contribution < -0.4 is 0 Å². The molecule has 0 N–H and O–H groups in total. The van der Waals surface area contributed by atoms with Crippen molar-refractivity contribution in [3.63, 3.8) is 0 Å². The maximum absolute atomic E-state index is 13.7. The average molecular weight is 413 g/mol. The molecule has 0 radical (unpaired) electrons.